The van der Waals surface area contributed by atoms with Crippen LogP contribution in [0.4, 0.5) is 14.9 Å². The highest BCUT2D eigenvalue weighted by Crippen LogP contribution is 2.12. The minimum atomic E-state index is -0.426. The molecule has 0 radical (unpaired) electrons. The quantitative estimate of drug-likeness (QED) is 0.912. The molecule has 5 nitrogen and oxygen atoms in total. The van der Waals surface area contributed by atoms with Gasteiger partial charge in [0.15, 0.2) is 0 Å². The minimum Gasteiger partial charge on any atom is -0.337 e. The molecule has 3 rings (SSSR count). The Kier molecular flexibility index (Phi) is 5.28. The Labute approximate surface area is 146 Å². The van der Waals surface area contributed by atoms with E-state index in [2.05, 4.69) is 5.32 Å². The Hall–Kier alpha value is -2.89. The molecule has 3 amide bonds. The van der Waals surface area contributed by atoms with Crippen LogP contribution in [0.5, 0.6) is 0 Å². The second-order valence-corrected chi connectivity index (χ2v) is 5.94. The normalized spacial score (nSPS) is 14.8. The molecule has 0 unspecified atom stereocenters. The van der Waals surface area contributed by atoms with Crippen LogP contribution in [-0.2, 0) is 0 Å². The lowest BCUT2D eigenvalue weighted by Crippen LogP contribution is -2.39. The molecule has 6 heteroatoms. The summed E-state index contributed by atoms with van der Waals surface area (Å²) < 4.78 is 13.3. The summed E-state index contributed by atoms with van der Waals surface area (Å²) in [5.74, 6) is -0.630. The summed E-state index contributed by atoms with van der Waals surface area (Å²) in [6.07, 6.45) is 0.684. The Balaban J connectivity index is 1.60. The van der Waals surface area contributed by atoms with Gasteiger partial charge < -0.3 is 15.1 Å². The van der Waals surface area contributed by atoms with E-state index in [9.17, 15) is 14.0 Å². The molecule has 0 atom stereocenters. The van der Waals surface area contributed by atoms with E-state index in [0.717, 1.165) is 5.69 Å². The molecule has 0 spiro atoms. The molecule has 1 saturated heterocycles. The Morgan fingerprint density at radius 1 is 0.880 bits per heavy atom. The van der Waals surface area contributed by atoms with Crippen LogP contribution >= 0.6 is 0 Å². The zero-order valence-electron chi connectivity index (χ0n) is 13.8. The van der Waals surface area contributed by atoms with Crippen LogP contribution in [-0.4, -0.2) is 47.9 Å². The first-order valence-electron chi connectivity index (χ1n) is 8.29. The summed E-state index contributed by atoms with van der Waals surface area (Å²) in [5, 5.41) is 2.86. The predicted molar refractivity (Wildman–Crippen MR) is 94.0 cm³/mol. The largest absolute Gasteiger partial charge is 0.337 e. The van der Waals surface area contributed by atoms with E-state index in [1.165, 1.54) is 18.2 Å². The van der Waals surface area contributed by atoms with Gasteiger partial charge in [-0.05, 0) is 36.8 Å². The van der Waals surface area contributed by atoms with Crippen LogP contribution < -0.4 is 5.32 Å². The SMILES string of the molecule is O=C(Nc1ccccc1)N1CCCN(C(=O)c2cccc(F)c2)CC1. The van der Waals surface area contributed by atoms with Crippen LogP contribution in [0.2, 0.25) is 0 Å². The smallest absolute Gasteiger partial charge is 0.321 e. The summed E-state index contributed by atoms with van der Waals surface area (Å²) in [7, 11) is 0. The van der Waals surface area contributed by atoms with Crippen molar-refractivity contribution in [3.63, 3.8) is 0 Å². The molecule has 0 saturated carbocycles. The first-order chi connectivity index (χ1) is 12.1. The van der Waals surface area contributed by atoms with Crippen molar-refractivity contribution in [1.29, 1.82) is 0 Å². The summed E-state index contributed by atoms with van der Waals surface area (Å²) in [6, 6.07) is 14.8. The highest BCUT2D eigenvalue weighted by Gasteiger charge is 2.23. The van der Waals surface area contributed by atoms with Crippen molar-refractivity contribution in [2.75, 3.05) is 31.5 Å². The molecule has 0 aromatic heterocycles. The highest BCUT2D eigenvalue weighted by molar-refractivity contribution is 5.94. The second kappa shape index (κ2) is 7.79. The Morgan fingerprint density at radius 2 is 1.60 bits per heavy atom. The maximum Gasteiger partial charge on any atom is 0.321 e. The Morgan fingerprint density at radius 3 is 2.36 bits per heavy atom. The van der Waals surface area contributed by atoms with E-state index in [1.807, 2.05) is 30.3 Å². The monoisotopic (exact) mass is 341 g/mol. The molecule has 130 valence electrons. The van der Waals surface area contributed by atoms with Gasteiger partial charge in [0.25, 0.3) is 5.91 Å². The van der Waals surface area contributed by atoms with Crippen molar-refractivity contribution in [2.45, 2.75) is 6.42 Å². The lowest BCUT2D eigenvalue weighted by Gasteiger charge is -2.22. The number of halogens is 1. The van der Waals surface area contributed by atoms with E-state index in [-0.39, 0.29) is 11.9 Å². The number of para-hydroxylation sites is 1. The molecule has 0 bridgehead atoms. The van der Waals surface area contributed by atoms with Crippen LogP contribution in [0.1, 0.15) is 16.8 Å². The number of carbonyl (C=O) groups is 2. The molecule has 0 aliphatic carbocycles. The Bertz CT molecular complexity index is 751. The fraction of sp³-hybridized carbons (Fsp3) is 0.263. The molecule has 25 heavy (non-hydrogen) atoms. The van der Waals surface area contributed by atoms with E-state index >= 15 is 0 Å². The van der Waals surface area contributed by atoms with Gasteiger partial charge in [-0.2, -0.15) is 0 Å². The fourth-order valence-electron chi connectivity index (χ4n) is 2.85. The predicted octanol–water partition coefficient (Wildman–Crippen LogP) is 3.21. The number of urea groups is 1. The molecule has 1 aliphatic heterocycles. The number of rotatable bonds is 2. The molecule has 2 aromatic rings. The van der Waals surface area contributed by atoms with E-state index < -0.39 is 5.82 Å². The molecule has 1 fully saturated rings. The van der Waals surface area contributed by atoms with Crippen molar-refractivity contribution in [3.8, 4) is 0 Å². The van der Waals surface area contributed by atoms with E-state index in [4.69, 9.17) is 0 Å². The highest BCUT2D eigenvalue weighted by atomic mass is 19.1. The van der Waals surface area contributed by atoms with Gasteiger partial charge in [0, 0.05) is 37.4 Å². The van der Waals surface area contributed by atoms with Gasteiger partial charge in [0.2, 0.25) is 0 Å². The number of carbonyl (C=O) groups excluding carboxylic acids is 2. The zero-order valence-corrected chi connectivity index (χ0v) is 13.8. The van der Waals surface area contributed by atoms with Crippen LogP contribution in [0.25, 0.3) is 0 Å². The zero-order chi connectivity index (χ0) is 17.6. The maximum atomic E-state index is 13.3. The molecular formula is C19H20FN3O2. The third-order valence-corrected chi connectivity index (χ3v) is 4.17. The summed E-state index contributed by atoms with van der Waals surface area (Å²) >= 11 is 0. The molecule has 1 heterocycles. The molecule has 1 aliphatic rings. The lowest BCUT2D eigenvalue weighted by atomic mass is 10.2. The van der Waals surface area contributed by atoms with Crippen LogP contribution in [0, 0.1) is 5.82 Å². The second-order valence-electron chi connectivity index (χ2n) is 5.94. The number of nitrogens with one attached hydrogen (secondary N) is 1. The van der Waals surface area contributed by atoms with Gasteiger partial charge in [0.1, 0.15) is 5.82 Å². The number of hydrogen-bond acceptors (Lipinski definition) is 2. The van der Waals surface area contributed by atoms with Crippen LogP contribution in [0.15, 0.2) is 54.6 Å². The maximum absolute atomic E-state index is 13.3. The van der Waals surface area contributed by atoms with Crippen molar-refractivity contribution in [3.05, 3.63) is 66.0 Å². The number of benzene rings is 2. The van der Waals surface area contributed by atoms with Gasteiger partial charge in [-0.25, -0.2) is 9.18 Å². The number of hydrogen-bond donors (Lipinski definition) is 1. The molecule has 1 N–H and O–H groups in total. The summed E-state index contributed by atoms with van der Waals surface area (Å²) in [4.78, 5) is 28.3. The van der Waals surface area contributed by atoms with Gasteiger partial charge >= 0.3 is 6.03 Å². The fourth-order valence-corrected chi connectivity index (χ4v) is 2.85. The number of nitrogens with zero attached hydrogens (tertiary/aromatic N) is 2. The molecular weight excluding hydrogens is 321 g/mol. The van der Waals surface area contributed by atoms with Gasteiger partial charge in [-0.3, -0.25) is 4.79 Å². The third-order valence-electron chi connectivity index (χ3n) is 4.17. The van der Waals surface area contributed by atoms with Gasteiger partial charge in [-0.1, -0.05) is 24.3 Å². The van der Waals surface area contributed by atoms with Crippen molar-refractivity contribution in [1.82, 2.24) is 9.80 Å². The van der Waals surface area contributed by atoms with Crippen molar-refractivity contribution in [2.24, 2.45) is 0 Å². The van der Waals surface area contributed by atoms with Gasteiger partial charge in [-0.15, -0.1) is 0 Å². The third kappa shape index (κ3) is 4.35. The number of amides is 3. The minimum absolute atomic E-state index is 0.175. The number of anilines is 1. The standard InChI is InChI=1S/C19H20FN3O2/c20-16-7-4-6-15(14-16)18(24)22-10-5-11-23(13-12-22)19(25)21-17-8-2-1-3-9-17/h1-4,6-9,14H,5,10-13H2,(H,21,25). The first kappa shape index (κ1) is 17.0. The van der Waals surface area contributed by atoms with Crippen LogP contribution in [0.3, 0.4) is 0 Å². The summed E-state index contributed by atoms with van der Waals surface area (Å²) in [6.45, 7) is 1.99. The van der Waals surface area contributed by atoms with Gasteiger partial charge in [0.05, 0.1) is 0 Å². The van der Waals surface area contributed by atoms with E-state index in [0.29, 0.717) is 38.2 Å². The summed E-state index contributed by atoms with van der Waals surface area (Å²) in [5.41, 5.74) is 1.08. The lowest BCUT2D eigenvalue weighted by molar-refractivity contribution is 0.0762. The van der Waals surface area contributed by atoms with Crippen molar-refractivity contribution >= 4 is 17.6 Å². The first-order valence-corrected chi connectivity index (χ1v) is 8.29. The average molecular weight is 341 g/mol. The van der Waals surface area contributed by atoms with E-state index in [1.54, 1.807) is 15.9 Å². The van der Waals surface area contributed by atoms with Crippen molar-refractivity contribution < 1.29 is 14.0 Å². The average Bonchev–Trinajstić information content (AvgIpc) is 2.88. The topological polar surface area (TPSA) is 52.7 Å². The molecule has 2 aromatic carbocycles.